The maximum absolute atomic E-state index is 13.4. The molecule has 0 amide bonds. The van der Waals surface area contributed by atoms with Crippen molar-refractivity contribution in [2.45, 2.75) is 6.18 Å². The van der Waals surface area contributed by atoms with Gasteiger partial charge in [-0.1, -0.05) is 0 Å². The summed E-state index contributed by atoms with van der Waals surface area (Å²) in [4.78, 5) is 29.8. The highest BCUT2D eigenvalue weighted by molar-refractivity contribution is 5.81. The van der Waals surface area contributed by atoms with Crippen LogP contribution < -0.4 is 11.2 Å². The number of aromatic nitrogens is 6. The van der Waals surface area contributed by atoms with Gasteiger partial charge in [-0.25, -0.2) is 19.3 Å². The molecule has 2 N–H and O–H groups in total. The van der Waals surface area contributed by atoms with Gasteiger partial charge < -0.3 is 9.55 Å². The van der Waals surface area contributed by atoms with Crippen LogP contribution in [0, 0.1) is 0 Å². The zero-order valence-electron chi connectivity index (χ0n) is 11.6. The first-order chi connectivity index (χ1) is 11.4. The molecule has 8 nitrogen and oxygen atoms in total. The fraction of sp³-hybridized carbons (Fsp3) is 0.0769. The van der Waals surface area contributed by atoms with Crippen LogP contribution in [0.25, 0.3) is 22.4 Å². The Kier molecular flexibility index (Phi) is 2.71. The molecule has 0 saturated carbocycles. The maximum atomic E-state index is 13.4. The summed E-state index contributed by atoms with van der Waals surface area (Å²) >= 11 is 0. The lowest BCUT2D eigenvalue weighted by atomic mass is 10.1. The second kappa shape index (κ2) is 4.57. The van der Waals surface area contributed by atoms with Crippen LogP contribution in [0.15, 0.2) is 40.4 Å². The summed E-state index contributed by atoms with van der Waals surface area (Å²) in [7, 11) is 0. The van der Waals surface area contributed by atoms with Crippen molar-refractivity contribution in [1.29, 1.82) is 0 Å². The summed E-state index contributed by atoms with van der Waals surface area (Å²) in [6.45, 7) is 0. The van der Waals surface area contributed by atoms with E-state index in [2.05, 4.69) is 20.2 Å². The molecule has 0 atom stereocenters. The molecule has 3 heterocycles. The normalized spacial score (nSPS) is 12.3. The molecule has 0 bridgehead atoms. The van der Waals surface area contributed by atoms with E-state index < -0.39 is 23.0 Å². The molecular formula is C13H7F3N6O2. The molecule has 11 heteroatoms. The summed E-state index contributed by atoms with van der Waals surface area (Å²) in [6, 6.07) is 1.94. The van der Waals surface area contributed by atoms with Gasteiger partial charge in [0.15, 0.2) is 0 Å². The molecule has 4 aromatic rings. The lowest BCUT2D eigenvalue weighted by Crippen LogP contribution is -2.19. The summed E-state index contributed by atoms with van der Waals surface area (Å²) < 4.78 is 42.3. The minimum atomic E-state index is -4.67. The van der Waals surface area contributed by atoms with Gasteiger partial charge in [0.25, 0.3) is 5.56 Å². The molecule has 0 spiro atoms. The van der Waals surface area contributed by atoms with Crippen LogP contribution in [0.2, 0.25) is 0 Å². The highest BCUT2D eigenvalue weighted by atomic mass is 19.4. The van der Waals surface area contributed by atoms with Gasteiger partial charge in [-0.3, -0.25) is 4.79 Å². The van der Waals surface area contributed by atoms with Crippen molar-refractivity contribution < 1.29 is 13.2 Å². The predicted octanol–water partition coefficient (Wildman–Crippen LogP) is 1.07. The van der Waals surface area contributed by atoms with E-state index in [9.17, 15) is 22.8 Å². The lowest BCUT2D eigenvalue weighted by Gasteiger charge is -2.15. The van der Waals surface area contributed by atoms with E-state index in [-0.39, 0.29) is 22.4 Å². The fourth-order valence-electron chi connectivity index (χ4n) is 2.56. The van der Waals surface area contributed by atoms with Crippen LogP contribution in [0.3, 0.4) is 0 Å². The topological polar surface area (TPSA) is 101 Å². The Labute approximate surface area is 129 Å². The van der Waals surface area contributed by atoms with Crippen LogP contribution in [0.1, 0.15) is 5.56 Å². The van der Waals surface area contributed by atoms with Crippen LogP contribution in [-0.4, -0.2) is 29.1 Å². The Balaban J connectivity index is 2.22. The van der Waals surface area contributed by atoms with Crippen molar-refractivity contribution in [2.75, 3.05) is 0 Å². The Morgan fingerprint density at radius 3 is 2.62 bits per heavy atom. The van der Waals surface area contributed by atoms with Crippen LogP contribution in [0.5, 0.6) is 0 Å². The van der Waals surface area contributed by atoms with E-state index in [1.807, 2.05) is 0 Å². The van der Waals surface area contributed by atoms with Gasteiger partial charge in [0.1, 0.15) is 0 Å². The highest BCUT2D eigenvalue weighted by Crippen LogP contribution is 2.35. The zero-order chi connectivity index (χ0) is 17.1. The number of aromatic amines is 2. The van der Waals surface area contributed by atoms with E-state index in [1.165, 1.54) is 23.3 Å². The molecule has 0 aliphatic heterocycles. The number of nitrogens with zero attached hydrogens (tertiary/aromatic N) is 4. The molecule has 4 rings (SSSR count). The van der Waals surface area contributed by atoms with E-state index in [0.717, 1.165) is 16.5 Å². The molecule has 0 fully saturated rings. The van der Waals surface area contributed by atoms with Crippen LogP contribution in [-0.2, 0) is 6.18 Å². The van der Waals surface area contributed by atoms with E-state index in [0.29, 0.717) is 0 Å². The second-order valence-electron chi connectivity index (χ2n) is 5.00. The molecule has 0 aliphatic carbocycles. The largest absolute Gasteiger partial charge is 0.418 e. The number of imidazole rings is 1. The number of fused-ring (bicyclic) bond motifs is 3. The van der Waals surface area contributed by atoms with E-state index >= 15 is 0 Å². The van der Waals surface area contributed by atoms with Gasteiger partial charge in [-0.05, 0) is 12.1 Å². The number of hydrogen-bond acceptors (Lipinski definition) is 4. The first-order valence-electron chi connectivity index (χ1n) is 6.59. The highest BCUT2D eigenvalue weighted by Gasteiger charge is 2.35. The number of hydrogen-bond donors (Lipinski definition) is 2. The minimum absolute atomic E-state index is 0.0834. The number of alkyl halides is 3. The first kappa shape index (κ1) is 14.2. The van der Waals surface area contributed by atoms with Gasteiger partial charge in [0.2, 0.25) is 5.65 Å². The van der Waals surface area contributed by atoms with Gasteiger partial charge in [0.05, 0.1) is 28.6 Å². The summed E-state index contributed by atoms with van der Waals surface area (Å²) in [5.41, 5.74) is -2.98. The van der Waals surface area contributed by atoms with Crippen LogP contribution >= 0.6 is 0 Å². The van der Waals surface area contributed by atoms with Crippen molar-refractivity contribution in [3.63, 3.8) is 0 Å². The zero-order valence-corrected chi connectivity index (χ0v) is 11.6. The quantitative estimate of drug-likeness (QED) is 0.543. The summed E-state index contributed by atoms with van der Waals surface area (Å²) in [5, 5.41) is 5.68. The molecule has 0 radical (unpaired) electrons. The summed E-state index contributed by atoms with van der Waals surface area (Å²) in [5.74, 6) is 0. The monoisotopic (exact) mass is 336 g/mol. The molecular weight excluding hydrogens is 329 g/mol. The first-order valence-corrected chi connectivity index (χ1v) is 6.59. The smallest absolute Gasteiger partial charge is 0.317 e. The second-order valence-corrected chi connectivity index (χ2v) is 5.00. The van der Waals surface area contributed by atoms with Crippen molar-refractivity contribution in [3.05, 3.63) is 57.3 Å². The van der Waals surface area contributed by atoms with E-state index in [4.69, 9.17) is 0 Å². The van der Waals surface area contributed by atoms with Gasteiger partial charge >= 0.3 is 11.9 Å². The fourth-order valence-corrected chi connectivity index (χ4v) is 2.56. The Morgan fingerprint density at radius 1 is 1.17 bits per heavy atom. The number of rotatable bonds is 1. The average Bonchev–Trinajstić information content (AvgIpc) is 3.16. The van der Waals surface area contributed by atoms with Gasteiger partial charge in [-0.2, -0.15) is 13.2 Å². The third-order valence-corrected chi connectivity index (χ3v) is 3.57. The Hall–Kier alpha value is -3.37. The molecule has 0 saturated heterocycles. The minimum Gasteiger partial charge on any atom is -0.317 e. The van der Waals surface area contributed by atoms with E-state index in [1.54, 1.807) is 0 Å². The third kappa shape index (κ3) is 1.94. The SMILES string of the molecule is O=c1[nH]c2cc(C(F)(F)F)c(-n3ccnc3)cc2n2c(=O)[nH]nc12. The number of benzene rings is 1. The molecule has 1 aromatic carbocycles. The summed E-state index contributed by atoms with van der Waals surface area (Å²) in [6.07, 6.45) is -0.785. The maximum Gasteiger partial charge on any atom is 0.418 e. The molecule has 122 valence electrons. The molecule has 0 aliphatic rings. The number of halogens is 3. The van der Waals surface area contributed by atoms with Crippen molar-refractivity contribution in [1.82, 2.24) is 29.1 Å². The Morgan fingerprint density at radius 2 is 1.96 bits per heavy atom. The average molecular weight is 336 g/mol. The van der Waals surface area contributed by atoms with Crippen LogP contribution in [0.4, 0.5) is 13.2 Å². The third-order valence-electron chi connectivity index (χ3n) is 3.57. The van der Waals surface area contributed by atoms with Crippen molar-refractivity contribution in [3.8, 4) is 5.69 Å². The van der Waals surface area contributed by atoms with Crippen molar-refractivity contribution in [2.24, 2.45) is 0 Å². The number of H-pyrrole nitrogens is 2. The molecule has 3 aromatic heterocycles. The predicted molar refractivity (Wildman–Crippen MR) is 76.1 cm³/mol. The molecule has 24 heavy (non-hydrogen) atoms. The molecule has 0 unspecified atom stereocenters. The lowest BCUT2D eigenvalue weighted by molar-refractivity contribution is -0.137. The Bertz CT molecular complexity index is 1180. The number of nitrogens with one attached hydrogen (secondary N) is 2. The van der Waals surface area contributed by atoms with Gasteiger partial charge in [0, 0.05) is 12.4 Å². The standard InChI is InChI=1S/C13H7F3N6O2/c14-13(15,16)6-3-7-9(4-8(6)21-2-1-17-5-21)22-10(11(23)18-7)19-20-12(22)24/h1-5H,(H,18,23)(H,20,24). The van der Waals surface area contributed by atoms with Crippen molar-refractivity contribution >= 4 is 16.7 Å². The van der Waals surface area contributed by atoms with Gasteiger partial charge in [-0.15, -0.1) is 5.10 Å².